The maximum atomic E-state index is 12.3. The molecule has 1 aliphatic rings. The monoisotopic (exact) mass is 383 g/mol. The van der Waals surface area contributed by atoms with Crippen LogP contribution in [0.25, 0.3) is 11.5 Å². The molecule has 7 nitrogen and oxygen atoms in total. The number of anilines is 1. The van der Waals surface area contributed by atoms with Crippen LogP contribution in [0.15, 0.2) is 40.1 Å². The van der Waals surface area contributed by atoms with Crippen molar-refractivity contribution in [2.24, 2.45) is 0 Å². The SMILES string of the molecule is O=C(COC(=O)c1csc2c1CCCC2)Nc1nnc(-c2ccccc2)o1. The third-order valence-electron chi connectivity index (χ3n) is 4.31. The Balaban J connectivity index is 1.33. The molecular weight excluding hydrogens is 366 g/mol. The minimum Gasteiger partial charge on any atom is -0.452 e. The molecule has 0 saturated heterocycles. The van der Waals surface area contributed by atoms with Crippen LogP contribution in [0, 0.1) is 0 Å². The van der Waals surface area contributed by atoms with Crippen LogP contribution in [0.3, 0.4) is 0 Å². The molecule has 0 atom stereocenters. The number of ether oxygens (including phenoxy) is 1. The third kappa shape index (κ3) is 3.90. The molecule has 0 unspecified atom stereocenters. The van der Waals surface area contributed by atoms with Crippen molar-refractivity contribution in [3.8, 4) is 11.5 Å². The van der Waals surface area contributed by atoms with E-state index in [-0.39, 0.29) is 6.01 Å². The molecule has 3 aromatic rings. The van der Waals surface area contributed by atoms with Crippen molar-refractivity contribution >= 4 is 29.2 Å². The molecule has 0 bridgehead atoms. The Morgan fingerprint density at radius 2 is 1.96 bits per heavy atom. The predicted octanol–water partition coefficient (Wildman–Crippen LogP) is 3.47. The number of thiophene rings is 1. The number of amides is 1. The first-order chi connectivity index (χ1) is 13.2. The number of esters is 1. The number of hydrogen-bond donors (Lipinski definition) is 1. The molecule has 2 aromatic heterocycles. The van der Waals surface area contributed by atoms with E-state index in [2.05, 4.69) is 15.5 Å². The zero-order chi connectivity index (χ0) is 18.6. The highest BCUT2D eigenvalue weighted by molar-refractivity contribution is 7.10. The molecule has 27 heavy (non-hydrogen) atoms. The summed E-state index contributed by atoms with van der Waals surface area (Å²) in [4.78, 5) is 25.5. The van der Waals surface area contributed by atoms with E-state index in [1.807, 2.05) is 35.7 Å². The lowest BCUT2D eigenvalue weighted by Crippen LogP contribution is -2.21. The number of rotatable bonds is 5. The third-order valence-corrected chi connectivity index (χ3v) is 5.40. The predicted molar refractivity (Wildman–Crippen MR) is 99.6 cm³/mol. The first kappa shape index (κ1) is 17.4. The van der Waals surface area contributed by atoms with Crippen LogP contribution >= 0.6 is 11.3 Å². The largest absolute Gasteiger partial charge is 0.452 e. The summed E-state index contributed by atoms with van der Waals surface area (Å²) in [7, 11) is 0. The van der Waals surface area contributed by atoms with Crippen molar-refractivity contribution in [3.05, 3.63) is 51.7 Å². The van der Waals surface area contributed by atoms with Crippen molar-refractivity contribution in [3.63, 3.8) is 0 Å². The van der Waals surface area contributed by atoms with Gasteiger partial charge in [0.25, 0.3) is 5.91 Å². The van der Waals surface area contributed by atoms with Gasteiger partial charge in [-0.05, 0) is 43.4 Å². The quantitative estimate of drug-likeness (QED) is 0.678. The molecular formula is C19H17N3O4S. The topological polar surface area (TPSA) is 94.3 Å². The van der Waals surface area contributed by atoms with Gasteiger partial charge >= 0.3 is 12.0 Å². The Kier molecular flexibility index (Phi) is 4.97. The highest BCUT2D eigenvalue weighted by Gasteiger charge is 2.22. The molecule has 0 saturated carbocycles. The van der Waals surface area contributed by atoms with E-state index in [4.69, 9.17) is 9.15 Å². The number of nitrogens with one attached hydrogen (secondary N) is 1. The molecule has 0 fully saturated rings. The van der Waals surface area contributed by atoms with Crippen molar-refractivity contribution in [1.82, 2.24) is 10.2 Å². The minimum atomic E-state index is -0.532. The van der Waals surface area contributed by atoms with Crippen LogP contribution in [0.2, 0.25) is 0 Å². The van der Waals surface area contributed by atoms with Gasteiger partial charge in [-0.25, -0.2) is 4.79 Å². The van der Waals surface area contributed by atoms with Crippen LogP contribution in [-0.2, 0) is 22.4 Å². The number of carbonyl (C=O) groups excluding carboxylic acids is 2. The zero-order valence-electron chi connectivity index (χ0n) is 14.4. The van der Waals surface area contributed by atoms with Gasteiger partial charge in [0, 0.05) is 15.8 Å². The van der Waals surface area contributed by atoms with Gasteiger partial charge in [0.2, 0.25) is 5.89 Å². The summed E-state index contributed by atoms with van der Waals surface area (Å²) >= 11 is 1.58. The van der Waals surface area contributed by atoms with E-state index < -0.39 is 18.5 Å². The van der Waals surface area contributed by atoms with E-state index in [9.17, 15) is 9.59 Å². The van der Waals surface area contributed by atoms with E-state index in [1.54, 1.807) is 11.3 Å². The van der Waals surface area contributed by atoms with Crippen molar-refractivity contribution in [1.29, 1.82) is 0 Å². The Hall–Kier alpha value is -3.00. The molecule has 1 amide bonds. The average molecular weight is 383 g/mol. The molecule has 2 heterocycles. The smallest absolute Gasteiger partial charge is 0.339 e. The molecule has 0 radical (unpaired) electrons. The van der Waals surface area contributed by atoms with Gasteiger partial charge in [0.1, 0.15) is 0 Å². The second kappa shape index (κ2) is 7.71. The second-order valence-corrected chi connectivity index (χ2v) is 7.13. The van der Waals surface area contributed by atoms with Crippen LogP contribution in [-0.4, -0.2) is 28.7 Å². The maximum Gasteiger partial charge on any atom is 0.339 e. The summed E-state index contributed by atoms with van der Waals surface area (Å²) in [5.74, 6) is -0.705. The lowest BCUT2D eigenvalue weighted by atomic mass is 9.96. The molecule has 1 aromatic carbocycles. The van der Waals surface area contributed by atoms with Gasteiger partial charge < -0.3 is 9.15 Å². The number of aryl methyl sites for hydroxylation is 1. The van der Waals surface area contributed by atoms with Gasteiger partial charge in [0.05, 0.1) is 5.56 Å². The van der Waals surface area contributed by atoms with Gasteiger partial charge in [-0.3, -0.25) is 10.1 Å². The lowest BCUT2D eigenvalue weighted by Gasteiger charge is -2.12. The van der Waals surface area contributed by atoms with E-state index >= 15 is 0 Å². The van der Waals surface area contributed by atoms with Gasteiger partial charge in [-0.2, -0.15) is 0 Å². The van der Waals surface area contributed by atoms with Crippen LogP contribution in [0.1, 0.15) is 33.6 Å². The minimum absolute atomic E-state index is 0.0391. The standard InChI is InChI=1S/C19H17N3O4S/c23-16(20-19-22-21-17(26-19)12-6-2-1-3-7-12)10-25-18(24)14-11-27-15-9-5-4-8-13(14)15/h1-3,6-7,11H,4-5,8-10H2,(H,20,22,23). The van der Waals surface area contributed by atoms with Gasteiger partial charge in [0.15, 0.2) is 6.61 Å². The highest BCUT2D eigenvalue weighted by atomic mass is 32.1. The molecule has 0 aliphatic heterocycles. The number of fused-ring (bicyclic) bond motifs is 1. The average Bonchev–Trinajstić information content (AvgIpc) is 3.34. The summed E-state index contributed by atoms with van der Waals surface area (Å²) in [6.07, 6.45) is 4.12. The van der Waals surface area contributed by atoms with Crippen molar-refractivity contribution in [2.75, 3.05) is 11.9 Å². The molecule has 138 valence electrons. The molecule has 1 aliphatic carbocycles. The molecule has 0 spiro atoms. The fraction of sp³-hybridized carbons (Fsp3) is 0.263. The van der Waals surface area contributed by atoms with Gasteiger partial charge in [-0.15, -0.1) is 16.4 Å². The summed E-state index contributed by atoms with van der Waals surface area (Å²) in [6.45, 7) is -0.410. The van der Waals surface area contributed by atoms with E-state index in [1.165, 1.54) is 4.88 Å². The summed E-state index contributed by atoms with van der Waals surface area (Å²) < 4.78 is 10.5. The number of aromatic nitrogens is 2. The number of benzene rings is 1. The number of carbonyl (C=O) groups is 2. The maximum absolute atomic E-state index is 12.3. The molecule has 1 N–H and O–H groups in total. The van der Waals surface area contributed by atoms with Crippen LogP contribution in [0.4, 0.5) is 6.01 Å². The van der Waals surface area contributed by atoms with Gasteiger partial charge in [-0.1, -0.05) is 23.3 Å². The number of nitrogens with zero attached hydrogens (tertiary/aromatic N) is 2. The fourth-order valence-corrected chi connectivity index (χ4v) is 4.12. The summed E-state index contributed by atoms with van der Waals surface area (Å²) in [5, 5.41) is 11.9. The van der Waals surface area contributed by atoms with E-state index in [0.717, 1.165) is 36.8 Å². The Morgan fingerprint density at radius 3 is 2.81 bits per heavy atom. The first-order valence-corrected chi connectivity index (χ1v) is 9.54. The molecule has 4 rings (SSSR count). The Labute approximate surface area is 159 Å². The Bertz CT molecular complexity index is 965. The van der Waals surface area contributed by atoms with Crippen molar-refractivity contribution in [2.45, 2.75) is 25.7 Å². The van der Waals surface area contributed by atoms with Crippen molar-refractivity contribution < 1.29 is 18.7 Å². The number of hydrogen-bond acceptors (Lipinski definition) is 7. The lowest BCUT2D eigenvalue weighted by molar-refractivity contribution is -0.119. The normalized spacial score (nSPS) is 13.0. The zero-order valence-corrected chi connectivity index (χ0v) is 15.3. The molecule has 8 heteroatoms. The van der Waals surface area contributed by atoms with E-state index in [0.29, 0.717) is 11.5 Å². The first-order valence-electron chi connectivity index (χ1n) is 8.66. The second-order valence-electron chi connectivity index (χ2n) is 6.16. The van der Waals surface area contributed by atoms with Crippen LogP contribution in [0.5, 0.6) is 0 Å². The Morgan fingerprint density at radius 1 is 1.15 bits per heavy atom. The fourth-order valence-electron chi connectivity index (χ4n) is 3.00. The summed E-state index contributed by atoms with van der Waals surface area (Å²) in [5.41, 5.74) is 2.40. The summed E-state index contributed by atoms with van der Waals surface area (Å²) in [6, 6.07) is 9.18. The highest BCUT2D eigenvalue weighted by Crippen LogP contribution is 2.30. The van der Waals surface area contributed by atoms with Crippen LogP contribution < -0.4 is 5.32 Å².